The molecule has 1 aliphatic heterocycles. The van der Waals surface area contributed by atoms with Crippen molar-refractivity contribution in [2.45, 2.75) is 27.3 Å². The molecular weight excluding hydrogens is 406 g/mol. The largest absolute Gasteiger partial charge is 0.462 e. The lowest BCUT2D eigenvalue weighted by Crippen LogP contribution is -2.46. The van der Waals surface area contributed by atoms with Crippen molar-refractivity contribution in [1.29, 1.82) is 0 Å². The highest BCUT2D eigenvalue weighted by molar-refractivity contribution is 6.30. The van der Waals surface area contributed by atoms with Crippen LogP contribution in [-0.2, 0) is 16.0 Å². The predicted octanol–water partition coefficient (Wildman–Crippen LogP) is 3.65. The van der Waals surface area contributed by atoms with Crippen LogP contribution in [0.2, 0.25) is 5.02 Å². The minimum absolute atomic E-state index is 0.271. The van der Waals surface area contributed by atoms with E-state index in [0.717, 1.165) is 36.9 Å². The summed E-state index contributed by atoms with van der Waals surface area (Å²) in [6.45, 7) is 9.67. The normalized spacial score (nSPS) is 14.6. The van der Waals surface area contributed by atoms with Crippen LogP contribution < -0.4 is 4.90 Å². The summed E-state index contributed by atoms with van der Waals surface area (Å²) in [5.74, 6) is -0.882. The van der Waals surface area contributed by atoms with E-state index < -0.39 is 11.9 Å². The summed E-state index contributed by atoms with van der Waals surface area (Å²) in [4.78, 5) is 32.5. The van der Waals surface area contributed by atoms with Gasteiger partial charge >= 0.3 is 11.9 Å². The molecule has 1 aliphatic rings. The second kappa shape index (κ2) is 10.00. The number of rotatable bonds is 7. The van der Waals surface area contributed by atoms with Crippen molar-refractivity contribution < 1.29 is 19.1 Å². The fraction of sp³-hybridized carbons (Fsp3) is 0.455. The lowest BCUT2D eigenvalue weighted by molar-refractivity contribution is 0.0517. The molecule has 0 spiro atoms. The van der Waals surface area contributed by atoms with Gasteiger partial charge in [-0.2, -0.15) is 0 Å². The van der Waals surface area contributed by atoms with Crippen LogP contribution in [0.4, 0.5) is 5.69 Å². The van der Waals surface area contributed by atoms with Crippen molar-refractivity contribution in [3.63, 3.8) is 0 Å². The Balaban J connectivity index is 1.75. The second-order valence-corrected chi connectivity index (χ2v) is 7.60. The van der Waals surface area contributed by atoms with Crippen molar-refractivity contribution in [3.8, 4) is 0 Å². The number of H-pyrrole nitrogens is 1. The topological polar surface area (TPSA) is 74.9 Å². The Bertz CT molecular complexity index is 904. The summed E-state index contributed by atoms with van der Waals surface area (Å²) in [6.07, 6.45) is 0. The first-order valence-corrected chi connectivity index (χ1v) is 10.6. The van der Waals surface area contributed by atoms with E-state index in [9.17, 15) is 9.59 Å². The van der Waals surface area contributed by atoms with E-state index in [-0.39, 0.29) is 13.2 Å². The molecule has 0 radical (unpaired) electrons. The minimum atomic E-state index is -0.461. The van der Waals surface area contributed by atoms with Gasteiger partial charge in [-0.1, -0.05) is 17.7 Å². The van der Waals surface area contributed by atoms with Crippen LogP contribution in [0.15, 0.2) is 24.3 Å². The maximum absolute atomic E-state index is 12.6. The average Bonchev–Trinajstić information content (AvgIpc) is 3.05. The Morgan fingerprint density at radius 1 is 1.07 bits per heavy atom. The maximum Gasteiger partial charge on any atom is 0.355 e. The SMILES string of the molecule is CCOC(=O)c1[nH]c(CN2CCN(c3cccc(Cl)c3)CC2)c(C(=O)OCC)c1C. The number of benzene rings is 1. The van der Waals surface area contributed by atoms with Crippen LogP contribution in [-0.4, -0.2) is 61.2 Å². The molecule has 162 valence electrons. The monoisotopic (exact) mass is 433 g/mol. The van der Waals surface area contributed by atoms with Gasteiger partial charge in [0.1, 0.15) is 5.69 Å². The third kappa shape index (κ3) is 4.96. The van der Waals surface area contributed by atoms with Crippen LogP contribution in [0.5, 0.6) is 0 Å². The van der Waals surface area contributed by atoms with E-state index >= 15 is 0 Å². The molecule has 0 unspecified atom stereocenters. The summed E-state index contributed by atoms with van der Waals surface area (Å²) in [6, 6.07) is 7.84. The molecule has 1 aromatic carbocycles. The number of piperazine rings is 1. The van der Waals surface area contributed by atoms with Crippen LogP contribution in [0.25, 0.3) is 0 Å². The Labute approximate surface area is 181 Å². The highest BCUT2D eigenvalue weighted by atomic mass is 35.5. The molecule has 1 N–H and O–H groups in total. The number of nitrogens with zero attached hydrogens (tertiary/aromatic N) is 2. The van der Waals surface area contributed by atoms with E-state index in [1.807, 2.05) is 18.2 Å². The summed E-state index contributed by atoms with van der Waals surface area (Å²) in [5.41, 5.74) is 3.10. The van der Waals surface area contributed by atoms with Gasteiger partial charge in [-0.05, 0) is 44.5 Å². The Morgan fingerprint density at radius 2 is 1.73 bits per heavy atom. The molecule has 3 rings (SSSR count). The molecule has 0 aliphatic carbocycles. The highest BCUT2D eigenvalue weighted by Gasteiger charge is 2.27. The van der Waals surface area contributed by atoms with Crippen molar-refractivity contribution in [2.75, 3.05) is 44.3 Å². The first kappa shape index (κ1) is 22.2. The van der Waals surface area contributed by atoms with Gasteiger partial charge in [0.2, 0.25) is 0 Å². The van der Waals surface area contributed by atoms with Crippen molar-refractivity contribution in [1.82, 2.24) is 9.88 Å². The molecule has 0 saturated carbocycles. The van der Waals surface area contributed by atoms with Gasteiger partial charge in [-0.15, -0.1) is 0 Å². The smallest absolute Gasteiger partial charge is 0.355 e. The number of carbonyl (C=O) groups is 2. The lowest BCUT2D eigenvalue weighted by atomic mass is 10.1. The zero-order chi connectivity index (χ0) is 21.7. The van der Waals surface area contributed by atoms with E-state index in [2.05, 4.69) is 20.9 Å². The quantitative estimate of drug-likeness (QED) is 0.672. The lowest BCUT2D eigenvalue weighted by Gasteiger charge is -2.36. The Kier molecular flexibility index (Phi) is 7.39. The van der Waals surface area contributed by atoms with Gasteiger partial charge in [-0.25, -0.2) is 9.59 Å². The fourth-order valence-corrected chi connectivity index (χ4v) is 3.91. The van der Waals surface area contributed by atoms with E-state index in [4.69, 9.17) is 21.1 Å². The van der Waals surface area contributed by atoms with Crippen molar-refractivity contribution in [2.24, 2.45) is 0 Å². The minimum Gasteiger partial charge on any atom is -0.462 e. The van der Waals surface area contributed by atoms with Crippen molar-refractivity contribution >= 4 is 29.2 Å². The number of carbonyl (C=O) groups excluding carboxylic acids is 2. The van der Waals surface area contributed by atoms with E-state index in [0.29, 0.717) is 29.1 Å². The van der Waals surface area contributed by atoms with Gasteiger partial charge < -0.3 is 19.4 Å². The summed E-state index contributed by atoms with van der Waals surface area (Å²) < 4.78 is 10.4. The number of ether oxygens (including phenoxy) is 2. The molecule has 0 bridgehead atoms. The third-order valence-electron chi connectivity index (χ3n) is 5.21. The molecule has 2 heterocycles. The third-order valence-corrected chi connectivity index (χ3v) is 5.45. The zero-order valence-corrected chi connectivity index (χ0v) is 18.4. The van der Waals surface area contributed by atoms with Gasteiger partial charge in [0.25, 0.3) is 0 Å². The molecule has 8 heteroatoms. The first-order chi connectivity index (χ1) is 14.4. The maximum atomic E-state index is 12.6. The van der Waals surface area contributed by atoms with Gasteiger partial charge in [-0.3, -0.25) is 4.90 Å². The molecule has 0 amide bonds. The van der Waals surface area contributed by atoms with Crippen LogP contribution in [0.3, 0.4) is 0 Å². The van der Waals surface area contributed by atoms with E-state index in [1.165, 1.54) is 0 Å². The average molecular weight is 434 g/mol. The van der Waals surface area contributed by atoms with Gasteiger partial charge in [0.05, 0.1) is 18.8 Å². The van der Waals surface area contributed by atoms with Gasteiger partial charge in [0.15, 0.2) is 0 Å². The zero-order valence-electron chi connectivity index (χ0n) is 17.7. The number of aromatic nitrogens is 1. The number of nitrogens with one attached hydrogen (secondary N) is 1. The Morgan fingerprint density at radius 3 is 2.37 bits per heavy atom. The van der Waals surface area contributed by atoms with E-state index in [1.54, 1.807) is 20.8 Å². The van der Waals surface area contributed by atoms with Crippen LogP contribution in [0.1, 0.15) is 46.0 Å². The number of anilines is 1. The standard InChI is InChI=1S/C22H28ClN3O4/c1-4-29-21(27)19-15(3)20(22(28)30-5-2)24-18(19)14-25-9-11-26(12-10-25)17-8-6-7-16(23)13-17/h6-8,13,24H,4-5,9-12,14H2,1-3H3. The molecule has 0 atom stereocenters. The summed E-state index contributed by atoms with van der Waals surface area (Å²) in [7, 11) is 0. The summed E-state index contributed by atoms with van der Waals surface area (Å²) >= 11 is 6.12. The summed E-state index contributed by atoms with van der Waals surface area (Å²) in [5, 5.41) is 0.724. The van der Waals surface area contributed by atoms with Crippen molar-refractivity contribution in [3.05, 3.63) is 51.8 Å². The number of halogens is 1. The molecule has 30 heavy (non-hydrogen) atoms. The van der Waals surface area contributed by atoms with Crippen LogP contribution in [0, 0.1) is 6.92 Å². The molecule has 1 fully saturated rings. The number of hydrogen-bond donors (Lipinski definition) is 1. The molecular formula is C22H28ClN3O4. The predicted molar refractivity (Wildman–Crippen MR) is 116 cm³/mol. The molecule has 2 aromatic rings. The molecule has 7 nitrogen and oxygen atoms in total. The molecule has 1 aromatic heterocycles. The van der Waals surface area contributed by atoms with Gasteiger partial charge in [0, 0.05) is 49.1 Å². The molecule has 1 saturated heterocycles. The fourth-order valence-electron chi connectivity index (χ4n) is 3.72. The Hall–Kier alpha value is -2.51. The number of hydrogen-bond acceptors (Lipinski definition) is 6. The second-order valence-electron chi connectivity index (χ2n) is 7.16. The number of aromatic amines is 1. The first-order valence-electron chi connectivity index (χ1n) is 10.2. The number of esters is 2. The highest BCUT2D eigenvalue weighted by Crippen LogP contribution is 2.24. The van der Waals surface area contributed by atoms with Crippen LogP contribution >= 0.6 is 11.6 Å².